The fraction of sp³-hybridized carbons (Fsp3) is 0.300. The van der Waals surface area contributed by atoms with E-state index in [1.54, 1.807) is 22.6 Å². The lowest BCUT2D eigenvalue weighted by atomic mass is 10.2. The van der Waals surface area contributed by atoms with Gasteiger partial charge in [-0.2, -0.15) is 13.2 Å². The molecule has 0 atom stereocenters. The Bertz CT molecular complexity index is 503. The van der Waals surface area contributed by atoms with E-state index < -0.39 is 31.0 Å². The summed E-state index contributed by atoms with van der Waals surface area (Å²) < 4.78 is 50.7. The van der Waals surface area contributed by atoms with Gasteiger partial charge in [0.1, 0.15) is 12.4 Å². The maximum absolute atomic E-state index is 13.4. The summed E-state index contributed by atoms with van der Waals surface area (Å²) in [6, 6.07) is 2.31. The van der Waals surface area contributed by atoms with Crippen LogP contribution < -0.4 is 10.2 Å². The van der Waals surface area contributed by atoms with Gasteiger partial charge in [-0.3, -0.25) is 4.79 Å². The molecule has 1 amide bonds. The number of benzene rings is 1. The molecule has 2 rings (SSSR count). The van der Waals surface area contributed by atoms with Crippen LogP contribution in [0.15, 0.2) is 12.1 Å². The largest absolute Gasteiger partial charge is 0.405 e. The monoisotopic (exact) mass is 374 g/mol. The molecule has 1 aliphatic rings. The van der Waals surface area contributed by atoms with Gasteiger partial charge in [-0.25, -0.2) is 4.39 Å². The lowest BCUT2D eigenvalue weighted by molar-refractivity contribution is -0.122. The molecule has 0 saturated carbocycles. The normalized spacial score (nSPS) is 15.4. The first-order valence-electron chi connectivity index (χ1n) is 4.87. The van der Waals surface area contributed by atoms with E-state index in [1.807, 2.05) is 0 Å². The molecule has 0 aliphatic carbocycles. The zero-order chi connectivity index (χ0) is 13.5. The van der Waals surface area contributed by atoms with Crippen LogP contribution in [-0.4, -0.2) is 25.2 Å². The van der Waals surface area contributed by atoms with E-state index in [1.165, 1.54) is 6.07 Å². The highest BCUT2D eigenvalue weighted by atomic mass is 127. The smallest absolute Gasteiger partial charge is 0.351 e. The van der Waals surface area contributed by atoms with Crippen molar-refractivity contribution in [3.8, 4) is 0 Å². The van der Waals surface area contributed by atoms with E-state index in [-0.39, 0.29) is 14.9 Å². The Kier molecular flexibility index (Phi) is 3.39. The van der Waals surface area contributed by atoms with Gasteiger partial charge in [-0.15, -0.1) is 0 Å². The first kappa shape index (κ1) is 13.4. The van der Waals surface area contributed by atoms with Crippen molar-refractivity contribution in [1.82, 2.24) is 0 Å². The van der Waals surface area contributed by atoms with Crippen LogP contribution in [0.25, 0.3) is 0 Å². The van der Waals surface area contributed by atoms with Gasteiger partial charge in [0.2, 0.25) is 5.91 Å². The highest BCUT2D eigenvalue weighted by molar-refractivity contribution is 14.1. The molecule has 0 saturated heterocycles. The number of nitrogens with zero attached hydrogens (tertiary/aromatic N) is 1. The average Bonchev–Trinajstić information content (AvgIpc) is 2.18. The predicted octanol–water partition coefficient (Wildman–Crippen LogP) is 2.75. The number of carbonyl (C=O) groups is 1. The van der Waals surface area contributed by atoms with Crippen molar-refractivity contribution in [2.75, 3.05) is 23.3 Å². The average molecular weight is 374 g/mol. The molecule has 18 heavy (non-hydrogen) atoms. The van der Waals surface area contributed by atoms with Crippen molar-refractivity contribution in [2.45, 2.75) is 6.18 Å². The van der Waals surface area contributed by atoms with Crippen molar-refractivity contribution < 1.29 is 22.4 Å². The van der Waals surface area contributed by atoms with Crippen LogP contribution in [0.5, 0.6) is 0 Å². The molecule has 3 nitrogen and oxygen atoms in total. The Morgan fingerprint density at radius 3 is 2.67 bits per heavy atom. The van der Waals surface area contributed by atoms with Gasteiger partial charge in [0.05, 0.1) is 21.5 Å². The molecule has 1 aromatic rings. The lowest BCUT2D eigenvalue weighted by Crippen LogP contribution is -2.43. The minimum Gasteiger partial charge on any atom is -0.351 e. The fourth-order valence-corrected chi connectivity index (χ4v) is 2.17. The summed E-state index contributed by atoms with van der Waals surface area (Å²) in [6.07, 6.45) is -4.45. The topological polar surface area (TPSA) is 32.3 Å². The van der Waals surface area contributed by atoms with E-state index in [0.29, 0.717) is 0 Å². The second-order valence-corrected chi connectivity index (χ2v) is 4.97. The van der Waals surface area contributed by atoms with Crippen LogP contribution in [0, 0.1) is 9.39 Å². The van der Waals surface area contributed by atoms with Crippen LogP contribution in [0.3, 0.4) is 0 Å². The number of carbonyl (C=O) groups excluding carboxylic acids is 1. The zero-order valence-corrected chi connectivity index (χ0v) is 11.0. The maximum Gasteiger partial charge on any atom is 0.405 e. The van der Waals surface area contributed by atoms with E-state index >= 15 is 0 Å². The van der Waals surface area contributed by atoms with Gasteiger partial charge in [0.25, 0.3) is 0 Å². The minimum absolute atomic E-state index is 0.0461. The SMILES string of the molecule is O=C1CN(CC(F)(F)F)c2cc(F)c(I)cc2N1. The Labute approximate surface area is 113 Å². The molecule has 0 unspecified atom stereocenters. The third-order valence-corrected chi connectivity index (χ3v) is 3.18. The third-order valence-electron chi connectivity index (χ3n) is 2.36. The first-order valence-corrected chi connectivity index (χ1v) is 5.95. The van der Waals surface area contributed by atoms with Gasteiger partial charge >= 0.3 is 6.18 Å². The van der Waals surface area contributed by atoms with E-state index in [2.05, 4.69) is 5.32 Å². The minimum atomic E-state index is -4.45. The highest BCUT2D eigenvalue weighted by Gasteiger charge is 2.34. The molecule has 98 valence electrons. The number of halogens is 5. The van der Waals surface area contributed by atoms with E-state index in [9.17, 15) is 22.4 Å². The molecule has 1 heterocycles. The van der Waals surface area contributed by atoms with Gasteiger partial charge in [-0.05, 0) is 28.7 Å². The molecule has 1 N–H and O–H groups in total. The van der Waals surface area contributed by atoms with Crippen LogP contribution in [0.1, 0.15) is 0 Å². The molecule has 1 aliphatic heterocycles. The number of anilines is 2. The number of alkyl halides is 3. The van der Waals surface area contributed by atoms with Gasteiger partial charge in [0, 0.05) is 6.07 Å². The summed E-state index contributed by atoms with van der Waals surface area (Å²) in [7, 11) is 0. The second kappa shape index (κ2) is 4.56. The van der Waals surface area contributed by atoms with Crippen LogP contribution in [-0.2, 0) is 4.79 Å². The first-order chi connectivity index (χ1) is 8.26. The highest BCUT2D eigenvalue weighted by Crippen LogP contribution is 2.34. The zero-order valence-electron chi connectivity index (χ0n) is 8.81. The molecule has 0 fully saturated rings. The van der Waals surface area contributed by atoms with Crippen molar-refractivity contribution in [3.05, 3.63) is 21.5 Å². The number of nitrogens with one attached hydrogen (secondary N) is 1. The molecule has 1 aromatic carbocycles. The summed E-state index contributed by atoms with van der Waals surface area (Å²) in [5.74, 6) is -1.16. The van der Waals surface area contributed by atoms with Crippen molar-refractivity contribution in [2.24, 2.45) is 0 Å². The molecule has 0 bridgehead atoms. The fourth-order valence-electron chi connectivity index (χ4n) is 1.70. The summed E-state index contributed by atoms with van der Waals surface area (Å²) in [5, 5.41) is 2.42. The summed E-state index contributed by atoms with van der Waals surface area (Å²) >= 11 is 1.71. The van der Waals surface area contributed by atoms with E-state index in [4.69, 9.17) is 0 Å². The van der Waals surface area contributed by atoms with Gasteiger partial charge in [-0.1, -0.05) is 0 Å². The number of rotatable bonds is 1. The Morgan fingerprint density at radius 1 is 1.39 bits per heavy atom. The quantitative estimate of drug-likeness (QED) is 0.606. The van der Waals surface area contributed by atoms with Gasteiger partial charge < -0.3 is 10.2 Å². The summed E-state index contributed by atoms with van der Waals surface area (Å²) in [6.45, 7) is -1.72. The van der Waals surface area contributed by atoms with Gasteiger partial charge in [0.15, 0.2) is 0 Å². The van der Waals surface area contributed by atoms with Crippen LogP contribution >= 0.6 is 22.6 Å². The number of hydrogen-bond acceptors (Lipinski definition) is 2. The molecule has 8 heteroatoms. The molecule has 0 spiro atoms. The number of fused-ring (bicyclic) bond motifs is 1. The summed E-state index contributed by atoms with van der Waals surface area (Å²) in [5.41, 5.74) is 0.242. The Hall–Kier alpha value is -1.06. The molecular formula is C10H7F4IN2O. The Balaban J connectivity index is 2.41. The predicted molar refractivity (Wildman–Crippen MR) is 66.0 cm³/mol. The third kappa shape index (κ3) is 2.85. The van der Waals surface area contributed by atoms with Crippen molar-refractivity contribution in [1.29, 1.82) is 0 Å². The van der Waals surface area contributed by atoms with Crippen molar-refractivity contribution in [3.63, 3.8) is 0 Å². The second-order valence-electron chi connectivity index (χ2n) is 3.80. The van der Waals surface area contributed by atoms with Crippen molar-refractivity contribution >= 4 is 39.9 Å². The number of hydrogen-bond donors (Lipinski definition) is 1. The van der Waals surface area contributed by atoms with E-state index in [0.717, 1.165) is 11.0 Å². The van der Waals surface area contributed by atoms with Crippen LogP contribution in [0.2, 0.25) is 0 Å². The molecule has 0 radical (unpaired) electrons. The number of amides is 1. The lowest BCUT2D eigenvalue weighted by Gasteiger charge is -2.31. The Morgan fingerprint density at radius 2 is 2.06 bits per heavy atom. The summed E-state index contributed by atoms with van der Waals surface area (Å²) in [4.78, 5) is 12.1. The standard InChI is InChI=1S/C10H7F4IN2O/c11-5-1-8-7(2-6(5)15)16-9(18)3-17(8)4-10(12,13)14/h1-2H,3-4H2,(H,16,18). The molecule has 0 aromatic heterocycles. The van der Waals surface area contributed by atoms with Crippen LogP contribution in [0.4, 0.5) is 28.9 Å². The maximum atomic E-state index is 13.4. The molecular weight excluding hydrogens is 367 g/mol.